The molecule has 0 spiro atoms. The van der Waals surface area contributed by atoms with E-state index in [0.29, 0.717) is 17.6 Å². The van der Waals surface area contributed by atoms with Gasteiger partial charge in [-0.2, -0.15) is 0 Å². The van der Waals surface area contributed by atoms with Crippen molar-refractivity contribution in [2.45, 2.75) is 32.4 Å². The highest BCUT2D eigenvalue weighted by atomic mass is 35.5. The van der Waals surface area contributed by atoms with E-state index >= 15 is 0 Å². The molecule has 0 saturated carbocycles. The van der Waals surface area contributed by atoms with Gasteiger partial charge in [0.1, 0.15) is 24.0 Å². The number of aromatic nitrogens is 2. The van der Waals surface area contributed by atoms with Crippen LogP contribution in [0.15, 0.2) is 24.5 Å². The Kier molecular flexibility index (Phi) is 4.18. The molecular weight excluding hydrogens is 300 g/mol. The molecule has 6 heteroatoms. The second-order valence-electron chi connectivity index (χ2n) is 5.71. The first-order valence-electron chi connectivity index (χ1n) is 7.35. The molecule has 1 aliphatic rings. The number of nitrogens with zero attached hydrogens (tertiary/aromatic N) is 2. The summed E-state index contributed by atoms with van der Waals surface area (Å²) in [6.45, 7) is 4.62. The van der Waals surface area contributed by atoms with Gasteiger partial charge in [-0.3, -0.25) is 0 Å². The molecule has 1 aromatic heterocycles. The van der Waals surface area contributed by atoms with Crippen LogP contribution in [0.1, 0.15) is 19.4 Å². The normalized spacial score (nSPS) is 16.5. The molecule has 1 aromatic carbocycles. The molecule has 0 radical (unpaired) electrons. The first-order valence-corrected chi connectivity index (χ1v) is 7.72. The maximum atomic E-state index is 6.35. The van der Waals surface area contributed by atoms with E-state index < -0.39 is 0 Å². The highest BCUT2D eigenvalue weighted by Gasteiger charge is 2.25. The van der Waals surface area contributed by atoms with Crippen LogP contribution in [0, 0.1) is 0 Å². The summed E-state index contributed by atoms with van der Waals surface area (Å²) in [5.41, 5.74) is 8.55. The van der Waals surface area contributed by atoms with Gasteiger partial charge in [-0.1, -0.05) is 11.6 Å². The van der Waals surface area contributed by atoms with Crippen molar-refractivity contribution < 1.29 is 4.74 Å². The molecule has 3 rings (SSSR count). The third-order valence-electron chi connectivity index (χ3n) is 3.51. The van der Waals surface area contributed by atoms with E-state index in [9.17, 15) is 0 Å². The highest BCUT2D eigenvalue weighted by Crippen LogP contribution is 2.39. The summed E-state index contributed by atoms with van der Waals surface area (Å²) in [5.74, 6) is 1.54. The van der Waals surface area contributed by atoms with Crippen LogP contribution in [-0.4, -0.2) is 28.7 Å². The molecule has 0 bridgehead atoms. The number of nitrogens with one attached hydrogen (secondary N) is 1. The predicted molar refractivity (Wildman–Crippen MR) is 88.4 cm³/mol. The van der Waals surface area contributed by atoms with Crippen LogP contribution >= 0.6 is 11.6 Å². The molecule has 3 N–H and O–H groups in total. The minimum Gasteiger partial charge on any atom is -0.487 e. The van der Waals surface area contributed by atoms with Crippen molar-refractivity contribution >= 4 is 17.4 Å². The summed E-state index contributed by atoms with van der Waals surface area (Å²) in [6, 6.07) is 6.18. The Labute approximate surface area is 134 Å². The standard InChI is InChI=1S/C16H19ClN4O/c1-9(2)21-15-6-14(19-8-20-15)10-3-11-4-12(7-18)22-16(11)13(17)5-10/h3,5-6,8-9,12H,4,7,18H2,1-2H3,(H,19,20,21)/t12-/m0/s1. The van der Waals surface area contributed by atoms with Gasteiger partial charge in [-0.25, -0.2) is 9.97 Å². The molecule has 2 heterocycles. The molecule has 0 aliphatic carbocycles. The van der Waals surface area contributed by atoms with Crippen LogP contribution in [0.2, 0.25) is 5.02 Å². The largest absolute Gasteiger partial charge is 0.487 e. The Hall–Kier alpha value is -1.85. The Balaban J connectivity index is 1.95. The first kappa shape index (κ1) is 15.1. The topological polar surface area (TPSA) is 73.1 Å². The van der Waals surface area contributed by atoms with E-state index in [1.807, 2.05) is 12.1 Å². The van der Waals surface area contributed by atoms with Gasteiger partial charge >= 0.3 is 0 Å². The fraction of sp³-hybridized carbons (Fsp3) is 0.375. The second-order valence-corrected chi connectivity index (χ2v) is 6.12. The zero-order valence-electron chi connectivity index (χ0n) is 12.6. The number of hydrogen-bond acceptors (Lipinski definition) is 5. The molecule has 116 valence electrons. The van der Waals surface area contributed by atoms with Gasteiger partial charge in [-0.05, 0) is 26.0 Å². The maximum absolute atomic E-state index is 6.35. The number of anilines is 1. The number of benzene rings is 1. The lowest BCUT2D eigenvalue weighted by Gasteiger charge is -2.11. The summed E-state index contributed by atoms with van der Waals surface area (Å²) in [6.07, 6.45) is 2.34. The molecule has 0 fully saturated rings. The fourth-order valence-electron chi connectivity index (χ4n) is 2.56. The van der Waals surface area contributed by atoms with Crippen molar-refractivity contribution in [1.29, 1.82) is 0 Å². The number of nitrogens with two attached hydrogens (primary N) is 1. The molecule has 5 nitrogen and oxygen atoms in total. The van der Waals surface area contributed by atoms with Crippen molar-refractivity contribution in [2.24, 2.45) is 5.73 Å². The average molecular weight is 319 g/mol. The Morgan fingerprint density at radius 2 is 2.18 bits per heavy atom. The van der Waals surface area contributed by atoms with Crippen LogP contribution in [0.25, 0.3) is 11.3 Å². The van der Waals surface area contributed by atoms with Crippen LogP contribution < -0.4 is 15.8 Å². The molecule has 1 aliphatic heterocycles. The van der Waals surface area contributed by atoms with Crippen LogP contribution in [0.5, 0.6) is 5.75 Å². The minimum atomic E-state index is 0.00585. The number of halogens is 1. The predicted octanol–water partition coefficient (Wildman–Crippen LogP) is 2.88. The van der Waals surface area contributed by atoms with E-state index in [2.05, 4.69) is 35.2 Å². The Morgan fingerprint density at radius 3 is 2.91 bits per heavy atom. The van der Waals surface area contributed by atoms with Gasteiger partial charge in [0.25, 0.3) is 0 Å². The van der Waals surface area contributed by atoms with Crippen molar-refractivity contribution in [3.8, 4) is 17.0 Å². The lowest BCUT2D eigenvalue weighted by Crippen LogP contribution is -2.24. The van der Waals surface area contributed by atoms with Gasteiger partial charge in [0.15, 0.2) is 0 Å². The van der Waals surface area contributed by atoms with Crippen molar-refractivity contribution in [3.63, 3.8) is 0 Å². The van der Waals surface area contributed by atoms with Gasteiger partial charge in [0.05, 0.1) is 10.7 Å². The lowest BCUT2D eigenvalue weighted by atomic mass is 10.0. The van der Waals surface area contributed by atoms with Crippen LogP contribution in [-0.2, 0) is 6.42 Å². The quantitative estimate of drug-likeness (QED) is 0.907. The zero-order valence-corrected chi connectivity index (χ0v) is 13.4. The fourth-order valence-corrected chi connectivity index (χ4v) is 2.84. The van der Waals surface area contributed by atoms with E-state index in [0.717, 1.165) is 34.8 Å². The smallest absolute Gasteiger partial charge is 0.141 e. The summed E-state index contributed by atoms with van der Waals surface area (Å²) in [5, 5.41) is 3.87. The summed E-state index contributed by atoms with van der Waals surface area (Å²) in [4.78, 5) is 8.58. The van der Waals surface area contributed by atoms with E-state index in [1.54, 1.807) is 6.33 Å². The molecule has 1 atom stereocenters. The molecule has 0 saturated heterocycles. The van der Waals surface area contributed by atoms with Crippen LogP contribution in [0.3, 0.4) is 0 Å². The Bertz CT molecular complexity index is 690. The summed E-state index contributed by atoms with van der Waals surface area (Å²) < 4.78 is 5.75. The molecule has 0 amide bonds. The van der Waals surface area contributed by atoms with Gasteiger partial charge in [-0.15, -0.1) is 0 Å². The monoisotopic (exact) mass is 318 g/mol. The third-order valence-corrected chi connectivity index (χ3v) is 3.80. The molecular formula is C16H19ClN4O. The summed E-state index contributed by atoms with van der Waals surface area (Å²) in [7, 11) is 0. The zero-order chi connectivity index (χ0) is 15.7. The summed E-state index contributed by atoms with van der Waals surface area (Å²) >= 11 is 6.35. The molecule has 0 unspecified atom stereocenters. The average Bonchev–Trinajstić information content (AvgIpc) is 2.90. The van der Waals surface area contributed by atoms with E-state index in [-0.39, 0.29) is 6.10 Å². The number of ether oxygens (including phenoxy) is 1. The SMILES string of the molecule is CC(C)Nc1cc(-c2cc(Cl)c3c(c2)C[C@@H](CN)O3)ncn1. The molecule has 2 aromatic rings. The number of rotatable bonds is 4. The van der Waals surface area contributed by atoms with Gasteiger partial charge in [0.2, 0.25) is 0 Å². The highest BCUT2D eigenvalue weighted by molar-refractivity contribution is 6.32. The minimum absolute atomic E-state index is 0.00585. The van der Waals surface area contributed by atoms with Crippen molar-refractivity contribution in [2.75, 3.05) is 11.9 Å². The number of hydrogen-bond donors (Lipinski definition) is 2. The Morgan fingerprint density at radius 1 is 1.36 bits per heavy atom. The van der Waals surface area contributed by atoms with E-state index in [4.69, 9.17) is 22.1 Å². The molecule has 22 heavy (non-hydrogen) atoms. The van der Waals surface area contributed by atoms with Gasteiger partial charge < -0.3 is 15.8 Å². The maximum Gasteiger partial charge on any atom is 0.141 e. The van der Waals surface area contributed by atoms with Crippen LogP contribution in [0.4, 0.5) is 5.82 Å². The van der Waals surface area contributed by atoms with Crippen molar-refractivity contribution in [1.82, 2.24) is 9.97 Å². The first-order chi connectivity index (χ1) is 10.6. The van der Waals surface area contributed by atoms with E-state index in [1.165, 1.54) is 0 Å². The number of fused-ring (bicyclic) bond motifs is 1. The van der Waals surface area contributed by atoms with Crippen molar-refractivity contribution in [3.05, 3.63) is 35.1 Å². The van der Waals surface area contributed by atoms with Gasteiger partial charge in [0, 0.05) is 36.2 Å². The third kappa shape index (κ3) is 3.00. The lowest BCUT2D eigenvalue weighted by molar-refractivity contribution is 0.241. The second kappa shape index (κ2) is 6.10.